The molecule has 0 spiro atoms. The molecule has 1 aliphatic rings. The van der Waals surface area contributed by atoms with E-state index >= 15 is 0 Å². The molecular weight excluding hydrogens is 306 g/mol. The summed E-state index contributed by atoms with van der Waals surface area (Å²) in [4.78, 5) is 19.8. The second kappa shape index (κ2) is 9.27. The Hall–Kier alpha value is -2.08. The first kappa shape index (κ1) is 18.3. The van der Waals surface area contributed by atoms with Gasteiger partial charge >= 0.3 is 0 Å². The van der Waals surface area contributed by atoms with E-state index < -0.39 is 6.10 Å². The first-order chi connectivity index (χ1) is 11.7. The number of hydrogen-bond acceptors (Lipinski definition) is 5. The highest BCUT2D eigenvalue weighted by Crippen LogP contribution is 2.19. The van der Waals surface area contributed by atoms with Crippen molar-refractivity contribution < 1.29 is 14.4 Å². The SMILES string of the molecule is CCN(CC)CCCNC(=O)C1CC(c2ccc(OC)cc2)=NO1. The Labute approximate surface area is 143 Å². The van der Waals surface area contributed by atoms with Crippen LogP contribution in [0.3, 0.4) is 0 Å². The summed E-state index contributed by atoms with van der Waals surface area (Å²) in [6.45, 7) is 8.02. The second-order valence-corrected chi connectivity index (χ2v) is 5.74. The molecule has 1 unspecified atom stereocenters. The van der Waals surface area contributed by atoms with Crippen LogP contribution < -0.4 is 10.1 Å². The van der Waals surface area contributed by atoms with Crippen molar-refractivity contribution in [1.82, 2.24) is 10.2 Å². The number of hydrogen-bond donors (Lipinski definition) is 1. The number of oxime groups is 1. The van der Waals surface area contributed by atoms with E-state index in [1.165, 1.54) is 0 Å². The van der Waals surface area contributed by atoms with Gasteiger partial charge in [-0.15, -0.1) is 0 Å². The van der Waals surface area contributed by atoms with Gasteiger partial charge in [-0.05, 0) is 55.9 Å². The molecule has 0 aromatic heterocycles. The van der Waals surface area contributed by atoms with Crippen LogP contribution in [0.5, 0.6) is 5.75 Å². The minimum absolute atomic E-state index is 0.0955. The minimum Gasteiger partial charge on any atom is -0.497 e. The lowest BCUT2D eigenvalue weighted by atomic mass is 10.0. The molecule has 1 amide bonds. The summed E-state index contributed by atoms with van der Waals surface area (Å²) in [7, 11) is 1.63. The first-order valence-electron chi connectivity index (χ1n) is 8.55. The molecule has 24 heavy (non-hydrogen) atoms. The number of ether oxygens (including phenoxy) is 1. The summed E-state index contributed by atoms with van der Waals surface area (Å²) < 4.78 is 5.14. The molecule has 0 saturated carbocycles. The third-order valence-corrected chi connectivity index (χ3v) is 4.23. The van der Waals surface area contributed by atoms with E-state index in [-0.39, 0.29) is 5.91 Å². The van der Waals surface area contributed by atoms with Gasteiger partial charge in [-0.3, -0.25) is 4.79 Å². The van der Waals surface area contributed by atoms with Gasteiger partial charge in [0.2, 0.25) is 6.10 Å². The van der Waals surface area contributed by atoms with Crippen molar-refractivity contribution >= 4 is 11.6 Å². The van der Waals surface area contributed by atoms with Crippen molar-refractivity contribution in [1.29, 1.82) is 0 Å². The molecule has 6 nitrogen and oxygen atoms in total. The fourth-order valence-electron chi connectivity index (χ4n) is 2.64. The quantitative estimate of drug-likeness (QED) is 0.703. The largest absolute Gasteiger partial charge is 0.497 e. The molecule has 0 bridgehead atoms. The maximum atomic E-state index is 12.2. The number of carbonyl (C=O) groups is 1. The fourth-order valence-corrected chi connectivity index (χ4v) is 2.64. The van der Waals surface area contributed by atoms with Gasteiger partial charge in [-0.25, -0.2) is 0 Å². The zero-order valence-corrected chi connectivity index (χ0v) is 14.7. The molecule has 1 atom stereocenters. The molecule has 2 rings (SSSR count). The molecule has 132 valence electrons. The number of nitrogens with zero attached hydrogens (tertiary/aromatic N) is 2. The third-order valence-electron chi connectivity index (χ3n) is 4.23. The Morgan fingerprint density at radius 1 is 1.33 bits per heavy atom. The van der Waals surface area contributed by atoms with Crippen LogP contribution in [0.2, 0.25) is 0 Å². The third kappa shape index (κ3) is 4.96. The molecule has 0 saturated heterocycles. The molecule has 1 aromatic rings. The summed E-state index contributed by atoms with van der Waals surface area (Å²) in [5.41, 5.74) is 1.74. The highest BCUT2D eigenvalue weighted by molar-refractivity contribution is 6.04. The Morgan fingerprint density at radius 2 is 2.04 bits per heavy atom. The van der Waals surface area contributed by atoms with Gasteiger partial charge in [-0.2, -0.15) is 0 Å². The van der Waals surface area contributed by atoms with Crippen LogP contribution in [0.15, 0.2) is 29.4 Å². The van der Waals surface area contributed by atoms with Gasteiger partial charge in [0.25, 0.3) is 5.91 Å². The monoisotopic (exact) mass is 333 g/mol. The lowest BCUT2D eigenvalue weighted by Gasteiger charge is -2.18. The molecule has 1 aliphatic heterocycles. The van der Waals surface area contributed by atoms with E-state index in [2.05, 4.69) is 29.2 Å². The smallest absolute Gasteiger partial charge is 0.264 e. The van der Waals surface area contributed by atoms with Crippen molar-refractivity contribution in [3.05, 3.63) is 29.8 Å². The van der Waals surface area contributed by atoms with E-state index in [0.717, 1.165) is 43.1 Å². The van der Waals surface area contributed by atoms with Crippen LogP contribution in [0, 0.1) is 0 Å². The van der Waals surface area contributed by atoms with Gasteiger partial charge in [0.15, 0.2) is 0 Å². The van der Waals surface area contributed by atoms with E-state index in [1.807, 2.05) is 24.3 Å². The predicted molar refractivity (Wildman–Crippen MR) is 94.4 cm³/mol. The molecular formula is C18H27N3O3. The van der Waals surface area contributed by atoms with E-state index in [4.69, 9.17) is 9.57 Å². The molecule has 0 fully saturated rings. The molecule has 0 radical (unpaired) electrons. The van der Waals surface area contributed by atoms with Crippen LogP contribution in [0.25, 0.3) is 0 Å². The standard InChI is InChI=1S/C18H27N3O3/c1-4-21(5-2)12-6-11-19-18(22)17-13-16(20-24-17)14-7-9-15(23-3)10-8-14/h7-10,17H,4-6,11-13H2,1-3H3,(H,19,22). The zero-order chi connectivity index (χ0) is 17.4. The normalized spacial score (nSPS) is 16.7. The number of benzene rings is 1. The Kier molecular flexibility index (Phi) is 7.06. The van der Waals surface area contributed by atoms with E-state index in [9.17, 15) is 4.79 Å². The van der Waals surface area contributed by atoms with Crippen molar-refractivity contribution in [2.75, 3.05) is 33.3 Å². The van der Waals surface area contributed by atoms with E-state index in [0.29, 0.717) is 13.0 Å². The van der Waals surface area contributed by atoms with Crippen molar-refractivity contribution in [2.24, 2.45) is 5.16 Å². The van der Waals surface area contributed by atoms with Gasteiger partial charge < -0.3 is 19.8 Å². The summed E-state index contributed by atoms with van der Waals surface area (Å²) >= 11 is 0. The highest BCUT2D eigenvalue weighted by Gasteiger charge is 2.28. The average Bonchev–Trinajstić information content (AvgIpc) is 3.12. The summed E-state index contributed by atoms with van der Waals surface area (Å²) in [5.74, 6) is 0.697. The van der Waals surface area contributed by atoms with Gasteiger partial charge in [0.1, 0.15) is 5.75 Å². The van der Waals surface area contributed by atoms with Crippen LogP contribution in [0.4, 0.5) is 0 Å². The van der Waals surface area contributed by atoms with Gasteiger partial charge in [0, 0.05) is 13.0 Å². The van der Waals surface area contributed by atoms with Gasteiger partial charge in [-0.1, -0.05) is 19.0 Å². The molecule has 6 heteroatoms. The Balaban J connectivity index is 1.74. The molecule has 1 heterocycles. The number of rotatable bonds is 9. The number of amides is 1. The zero-order valence-electron chi connectivity index (χ0n) is 14.7. The van der Waals surface area contributed by atoms with Crippen molar-refractivity contribution in [3.8, 4) is 5.75 Å². The summed E-state index contributed by atoms with van der Waals surface area (Å²) in [6, 6.07) is 7.59. The number of methoxy groups -OCH3 is 1. The van der Waals surface area contributed by atoms with Crippen molar-refractivity contribution in [3.63, 3.8) is 0 Å². The highest BCUT2D eigenvalue weighted by atomic mass is 16.6. The van der Waals surface area contributed by atoms with Gasteiger partial charge in [0.05, 0.1) is 12.8 Å². The number of nitrogens with one attached hydrogen (secondary N) is 1. The Bertz CT molecular complexity index is 553. The van der Waals surface area contributed by atoms with Crippen LogP contribution in [-0.2, 0) is 9.63 Å². The maximum absolute atomic E-state index is 12.2. The number of carbonyl (C=O) groups excluding carboxylic acids is 1. The summed E-state index contributed by atoms with van der Waals surface area (Å²) in [6.07, 6.45) is 0.899. The Morgan fingerprint density at radius 3 is 2.67 bits per heavy atom. The molecule has 1 aromatic carbocycles. The summed E-state index contributed by atoms with van der Waals surface area (Å²) in [5, 5.41) is 6.99. The average molecular weight is 333 g/mol. The maximum Gasteiger partial charge on any atom is 0.264 e. The topological polar surface area (TPSA) is 63.2 Å². The molecule has 1 N–H and O–H groups in total. The van der Waals surface area contributed by atoms with Crippen LogP contribution in [-0.4, -0.2) is 55.9 Å². The second-order valence-electron chi connectivity index (χ2n) is 5.74. The predicted octanol–water partition coefficient (Wildman–Crippen LogP) is 2.04. The first-order valence-corrected chi connectivity index (χ1v) is 8.55. The lowest BCUT2D eigenvalue weighted by molar-refractivity contribution is -0.131. The lowest BCUT2D eigenvalue weighted by Crippen LogP contribution is -2.36. The van der Waals surface area contributed by atoms with Crippen molar-refractivity contribution in [2.45, 2.75) is 32.8 Å². The minimum atomic E-state index is -0.532. The van der Waals surface area contributed by atoms with E-state index in [1.54, 1.807) is 7.11 Å². The van der Waals surface area contributed by atoms with Crippen LogP contribution >= 0.6 is 0 Å². The molecule has 0 aliphatic carbocycles. The fraction of sp³-hybridized carbons (Fsp3) is 0.556. The van der Waals surface area contributed by atoms with Crippen LogP contribution in [0.1, 0.15) is 32.3 Å².